The summed E-state index contributed by atoms with van der Waals surface area (Å²) in [6, 6.07) is 6.92. The van der Waals surface area contributed by atoms with Crippen molar-refractivity contribution in [2.75, 3.05) is 0 Å². The van der Waals surface area contributed by atoms with Crippen molar-refractivity contribution in [2.24, 2.45) is 0 Å². The molecule has 0 saturated heterocycles. The van der Waals surface area contributed by atoms with Gasteiger partial charge in [-0.2, -0.15) is 0 Å². The molecule has 6 nitrogen and oxygen atoms in total. The summed E-state index contributed by atoms with van der Waals surface area (Å²) in [5, 5.41) is 8.93. The van der Waals surface area contributed by atoms with Crippen molar-refractivity contribution in [3.8, 4) is 0 Å². The molecule has 8 heteroatoms. The van der Waals surface area contributed by atoms with Gasteiger partial charge in [-0.3, -0.25) is 4.79 Å². The van der Waals surface area contributed by atoms with Crippen molar-refractivity contribution >= 4 is 21.4 Å². The number of thiazole rings is 1. The van der Waals surface area contributed by atoms with E-state index in [0.29, 0.717) is 17.0 Å². The minimum atomic E-state index is -3.70. The lowest BCUT2D eigenvalue weighted by Crippen LogP contribution is -2.23. The zero-order valence-electron chi connectivity index (χ0n) is 10.7. The van der Waals surface area contributed by atoms with Gasteiger partial charge in [-0.05, 0) is 18.1 Å². The monoisotopic (exact) mass is 314 g/mol. The van der Waals surface area contributed by atoms with Gasteiger partial charge in [-0.15, -0.1) is 0 Å². The predicted molar refractivity (Wildman–Crippen MR) is 76.1 cm³/mol. The van der Waals surface area contributed by atoms with Crippen LogP contribution in [-0.2, 0) is 23.2 Å². The maximum absolute atomic E-state index is 12.1. The Morgan fingerprint density at radius 2 is 1.85 bits per heavy atom. The lowest BCUT2D eigenvalue weighted by atomic mass is 10.1. The Labute approximate surface area is 120 Å². The number of nitrogens with one attached hydrogen (secondary N) is 2. The summed E-state index contributed by atoms with van der Waals surface area (Å²) in [7, 11) is -3.70. The SMILES string of the molecule is Cc1[nH]c(=O)sc1S(=O)(=O)NCc1ccc(CO)cc1. The van der Waals surface area contributed by atoms with Crippen LogP contribution in [0.1, 0.15) is 16.8 Å². The first-order valence-corrected chi connectivity index (χ1v) is 8.10. The average molecular weight is 314 g/mol. The number of aliphatic hydroxyl groups is 1. The van der Waals surface area contributed by atoms with Crippen LogP contribution in [0.3, 0.4) is 0 Å². The van der Waals surface area contributed by atoms with Crippen molar-refractivity contribution in [3.05, 3.63) is 50.8 Å². The first kappa shape index (κ1) is 14.9. The van der Waals surface area contributed by atoms with Crippen molar-refractivity contribution < 1.29 is 13.5 Å². The normalized spacial score (nSPS) is 11.7. The van der Waals surface area contributed by atoms with Gasteiger partial charge in [-0.25, -0.2) is 13.1 Å². The van der Waals surface area contributed by atoms with Gasteiger partial charge in [0.2, 0.25) is 0 Å². The van der Waals surface area contributed by atoms with Gasteiger partial charge in [-0.1, -0.05) is 35.6 Å². The van der Waals surface area contributed by atoms with E-state index < -0.39 is 14.9 Å². The van der Waals surface area contributed by atoms with E-state index in [1.807, 2.05) is 0 Å². The maximum atomic E-state index is 12.1. The fraction of sp³-hybridized carbons (Fsp3) is 0.250. The molecule has 108 valence electrons. The summed E-state index contributed by atoms with van der Waals surface area (Å²) in [5.41, 5.74) is 1.87. The molecule has 0 aliphatic heterocycles. The molecule has 0 saturated carbocycles. The summed E-state index contributed by atoms with van der Waals surface area (Å²) in [4.78, 5) is 13.2. The number of aromatic amines is 1. The quantitative estimate of drug-likeness (QED) is 0.757. The lowest BCUT2D eigenvalue weighted by Gasteiger charge is -2.06. The highest BCUT2D eigenvalue weighted by Crippen LogP contribution is 2.16. The molecule has 0 aliphatic rings. The first-order chi connectivity index (χ1) is 9.42. The fourth-order valence-electron chi connectivity index (χ4n) is 1.65. The van der Waals surface area contributed by atoms with Crippen LogP contribution in [0.2, 0.25) is 0 Å². The van der Waals surface area contributed by atoms with Crippen LogP contribution in [0.5, 0.6) is 0 Å². The number of rotatable bonds is 5. The zero-order chi connectivity index (χ0) is 14.8. The van der Waals surface area contributed by atoms with E-state index in [1.165, 1.54) is 0 Å². The highest BCUT2D eigenvalue weighted by molar-refractivity contribution is 7.91. The molecule has 0 aliphatic carbocycles. The van der Waals surface area contributed by atoms with Gasteiger partial charge in [0.05, 0.1) is 6.61 Å². The maximum Gasteiger partial charge on any atom is 0.305 e. The zero-order valence-corrected chi connectivity index (χ0v) is 12.3. The minimum absolute atomic E-state index is 0.00878. The van der Waals surface area contributed by atoms with Crippen molar-refractivity contribution in [1.29, 1.82) is 0 Å². The van der Waals surface area contributed by atoms with E-state index in [4.69, 9.17) is 5.11 Å². The van der Waals surface area contributed by atoms with E-state index in [9.17, 15) is 13.2 Å². The Morgan fingerprint density at radius 3 is 2.35 bits per heavy atom. The van der Waals surface area contributed by atoms with Crippen molar-refractivity contribution in [2.45, 2.75) is 24.3 Å². The fourth-order valence-corrected chi connectivity index (χ4v) is 4.01. The van der Waals surface area contributed by atoms with E-state index in [1.54, 1.807) is 31.2 Å². The third-order valence-corrected chi connectivity index (χ3v) is 5.70. The molecule has 0 amide bonds. The largest absolute Gasteiger partial charge is 0.392 e. The molecular weight excluding hydrogens is 300 g/mol. The first-order valence-electron chi connectivity index (χ1n) is 5.80. The Hall–Kier alpha value is -1.48. The molecule has 1 heterocycles. The molecule has 0 radical (unpaired) electrons. The predicted octanol–water partition coefficient (Wildman–Crippen LogP) is 0.716. The lowest BCUT2D eigenvalue weighted by molar-refractivity contribution is 0.282. The van der Waals surface area contributed by atoms with E-state index in [2.05, 4.69) is 9.71 Å². The molecular formula is C12H14N2O4S2. The summed E-state index contributed by atoms with van der Waals surface area (Å²) < 4.78 is 26.6. The second kappa shape index (κ2) is 5.88. The Morgan fingerprint density at radius 1 is 1.25 bits per heavy atom. The van der Waals surface area contributed by atoms with Crippen LogP contribution in [0, 0.1) is 6.92 Å². The highest BCUT2D eigenvalue weighted by atomic mass is 32.2. The molecule has 0 spiro atoms. The third kappa shape index (κ3) is 3.34. The second-order valence-electron chi connectivity index (χ2n) is 4.23. The van der Waals surface area contributed by atoms with Crippen LogP contribution in [0.4, 0.5) is 0 Å². The van der Waals surface area contributed by atoms with Crippen LogP contribution in [0.25, 0.3) is 0 Å². The highest BCUT2D eigenvalue weighted by Gasteiger charge is 2.19. The van der Waals surface area contributed by atoms with Crippen LogP contribution in [-0.4, -0.2) is 18.5 Å². The number of hydrogen-bond donors (Lipinski definition) is 3. The van der Waals surface area contributed by atoms with Crippen molar-refractivity contribution in [3.63, 3.8) is 0 Å². The number of benzene rings is 1. The van der Waals surface area contributed by atoms with Crippen LogP contribution in [0.15, 0.2) is 33.3 Å². The molecule has 0 bridgehead atoms. The molecule has 2 rings (SSSR count). The van der Waals surface area contributed by atoms with E-state index in [-0.39, 0.29) is 17.4 Å². The molecule has 20 heavy (non-hydrogen) atoms. The Kier molecular flexibility index (Phi) is 4.39. The summed E-state index contributed by atoms with van der Waals surface area (Å²) in [5.74, 6) is 0. The smallest absolute Gasteiger partial charge is 0.305 e. The van der Waals surface area contributed by atoms with E-state index >= 15 is 0 Å². The molecule has 0 fully saturated rings. The van der Waals surface area contributed by atoms with Crippen LogP contribution < -0.4 is 9.60 Å². The number of H-pyrrole nitrogens is 1. The number of aliphatic hydroxyl groups excluding tert-OH is 1. The summed E-state index contributed by atoms with van der Waals surface area (Å²) in [6.45, 7) is 1.62. The van der Waals surface area contributed by atoms with Gasteiger partial charge < -0.3 is 10.1 Å². The number of sulfonamides is 1. The Balaban J connectivity index is 2.12. The van der Waals surface area contributed by atoms with Gasteiger partial charge in [0, 0.05) is 12.2 Å². The summed E-state index contributed by atoms with van der Waals surface area (Å²) in [6.07, 6.45) is 0. The molecule has 0 atom stereocenters. The number of hydrogen-bond acceptors (Lipinski definition) is 5. The minimum Gasteiger partial charge on any atom is -0.392 e. The van der Waals surface area contributed by atoms with Crippen LogP contribution >= 0.6 is 11.3 Å². The van der Waals surface area contributed by atoms with Crippen molar-refractivity contribution in [1.82, 2.24) is 9.71 Å². The van der Waals surface area contributed by atoms with Gasteiger partial charge in [0.1, 0.15) is 0 Å². The molecule has 1 aromatic heterocycles. The second-order valence-corrected chi connectivity index (χ2v) is 7.17. The molecule has 0 unspecified atom stereocenters. The third-order valence-electron chi connectivity index (χ3n) is 2.70. The molecule has 2 aromatic rings. The number of aromatic nitrogens is 1. The van der Waals surface area contributed by atoms with Gasteiger partial charge in [0.15, 0.2) is 4.21 Å². The summed E-state index contributed by atoms with van der Waals surface area (Å²) >= 11 is 0.668. The molecule has 3 N–H and O–H groups in total. The van der Waals surface area contributed by atoms with Gasteiger partial charge >= 0.3 is 4.87 Å². The number of aryl methyl sites for hydroxylation is 1. The van der Waals surface area contributed by atoms with E-state index in [0.717, 1.165) is 11.1 Å². The topological polar surface area (TPSA) is 99.3 Å². The molecule has 1 aromatic carbocycles. The standard InChI is InChI=1S/C12H14N2O4S2/c1-8-11(19-12(16)14-8)20(17,18)13-6-9-2-4-10(7-15)5-3-9/h2-5,13,15H,6-7H2,1H3,(H,14,16). The van der Waals surface area contributed by atoms with Gasteiger partial charge in [0.25, 0.3) is 10.0 Å². The Bertz CT molecular complexity index is 745. The average Bonchev–Trinajstić information content (AvgIpc) is 2.77.